The van der Waals surface area contributed by atoms with Crippen molar-refractivity contribution in [1.29, 1.82) is 0 Å². The quantitative estimate of drug-likeness (QED) is 0.731. The largest absolute Gasteiger partial charge is 0.329 e. The van der Waals surface area contributed by atoms with Gasteiger partial charge in [0.05, 0.1) is 5.25 Å². The smallest absolute Gasteiger partial charge is 0.152 e. The van der Waals surface area contributed by atoms with Gasteiger partial charge in [0, 0.05) is 18.3 Å². The average molecular weight is 246 g/mol. The van der Waals surface area contributed by atoms with Crippen LogP contribution in [-0.4, -0.2) is 38.6 Å². The highest BCUT2D eigenvalue weighted by Gasteiger charge is 2.47. The van der Waals surface area contributed by atoms with Gasteiger partial charge >= 0.3 is 0 Å². The molecule has 5 heteroatoms. The monoisotopic (exact) mass is 246 g/mol. The Morgan fingerprint density at radius 3 is 2.56 bits per heavy atom. The first-order valence-corrected chi connectivity index (χ1v) is 8.07. The lowest BCUT2D eigenvalue weighted by Crippen LogP contribution is -2.59. The molecule has 0 aromatic rings. The molecule has 2 aliphatic rings. The summed E-state index contributed by atoms with van der Waals surface area (Å²) in [5.74, 6) is 0.754. The fourth-order valence-electron chi connectivity index (χ4n) is 2.84. The Labute approximate surface area is 97.9 Å². The molecule has 0 amide bonds. The zero-order valence-electron chi connectivity index (χ0n) is 9.91. The lowest BCUT2D eigenvalue weighted by atomic mass is 9.97. The van der Waals surface area contributed by atoms with Crippen molar-refractivity contribution in [1.82, 2.24) is 5.32 Å². The molecule has 3 N–H and O–H groups in total. The minimum atomic E-state index is -2.99. The van der Waals surface area contributed by atoms with E-state index in [0.717, 1.165) is 31.7 Å². The van der Waals surface area contributed by atoms with Gasteiger partial charge in [0.15, 0.2) is 9.84 Å². The van der Waals surface area contributed by atoms with Gasteiger partial charge in [-0.3, -0.25) is 0 Å². The summed E-state index contributed by atoms with van der Waals surface area (Å²) in [6, 6.07) is 0. The zero-order chi connectivity index (χ0) is 11.8. The Morgan fingerprint density at radius 1 is 1.38 bits per heavy atom. The van der Waals surface area contributed by atoms with Crippen molar-refractivity contribution < 1.29 is 8.42 Å². The topological polar surface area (TPSA) is 72.2 Å². The molecule has 94 valence electrons. The minimum absolute atomic E-state index is 0.288. The highest BCUT2D eigenvalue weighted by Crippen LogP contribution is 2.36. The van der Waals surface area contributed by atoms with Gasteiger partial charge < -0.3 is 11.1 Å². The van der Waals surface area contributed by atoms with E-state index in [9.17, 15) is 8.42 Å². The summed E-state index contributed by atoms with van der Waals surface area (Å²) in [7, 11) is -2.99. The van der Waals surface area contributed by atoms with Crippen LogP contribution in [0.25, 0.3) is 0 Å². The van der Waals surface area contributed by atoms with E-state index in [1.165, 1.54) is 19.1 Å². The summed E-state index contributed by atoms with van der Waals surface area (Å²) >= 11 is 0. The van der Waals surface area contributed by atoms with E-state index in [1.807, 2.05) is 0 Å². The maximum absolute atomic E-state index is 11.8. The molecule has 0 bridgehead atoms. The first-order chi connectivity index (χ1) is 7.48. The van der Waals surface area contributed by atoms with Gasteiger partial charge in [0.1, 0.15) is 0 Å². The summed E-state index contributed by atoms with van der Waals surface area (Å²) in [5, 5.41) is 3.17. The molecule has 2 aliphatic carbocycles. The van der Waals surface area contributed by atoms with Crippen molar-refractivity contribution >= 4 is 9.84 Å². The standard InChI is InChI=1S/C11H22N2O2S/c1-16(14,15)10-3-2-6-11(10,8-12)13-7-9-4-5-9/h9-10,13H,2-8,12H2,1H3. The second-order valence-corrected chi connectivity index (χ2v) is 7.62. The molecular weight excluding hydrogens is 224 g/mol. The molecule has 16 heavy (non-hydrogen) atoms. The summed E-state index contributed by atoms with van der Waals surface area (Å²) in [4.78, 5) is 0. The predicted octanol–water partition coefficient (Wildman–Crippen LogP) is 0.281. The van der Waals surface area contributed by atoms with E-state index < -0.39 is 9.84 Å². The van der Waals surface area contributed by atoms with Crippen LogP contribution in [0.4, 0.5) is 0 Å². The summed E-state index contributed by atoms with van der Waals surface area (Å²) < 4.78 is 23.5. The van der Waals surface area contributed by atoms with Gasteiger partial charge in [-0.2, -0.15) is 0 Å². The van der Waals surface area contributed by atoms with Gasteiger partial charge in [-0.05, 0) is 38.1 Å². The first-order valence-electron chi connectivity index (χ1n) is 6.12. The molecule has 0 heterocycles. The van der Waals surface area contributed by atoms with Crippen LogP contribution in [-0.2, 0) is 9.84 Å². The van der Waals surface area contributed by atoms with Crippen LogP contribution < -0.4 is 11.1 Å². The number of nitrogens with two attached hydrogens (primary N) is 1. The van der Waals surface area contributed by atoms with Crippen molar-refractivity contribution in [2.24, 2.45) is 11.7 Å². The molecule has 0 aromatic carbocycles. The maximum atomic E-state index is 11.8. The molecule has 4 nitrogen and oxygen atoms in total. The van der Waals surface area contributed by atoms with Gasteiger partial charge in [0.2, 0.25) is 0 Å². The van der Waals surface area contributed by atoms with Crippen molar-refractivity contribution in [3.63, 3.8) is 0 Å². The van der Waals surface area contributed by atoms with E-state index in [0.29, 0.717) is 6.54 Å². The lowest BCUT2D eigenvalue weighted by molar-refractivity contribution is 0.335. The third kappa shape index (κ3) is 2.41. The molecule has 0 aromatic heterocycles. The number of rotatable bonds is 5. The number of nitrogens with one attached hydrogen (secondary N) is 1. The molecular formula is C11H22N2O2S. The van der Waals surface area contributed by atoms with E-state index in [-0.39, 0.29) is 10.8 Å². The van der Waals surface area contributed by atoms with Crippen molar-refractivity contribution in [2.75, 3.05) is 19.3 Å². The third-order valence-corrected chi connectivity index (χ3v) is 5.75. The van der Waals surface area contributed by atoms with Gasteiger partial charge in [-0.15, -0.1) is 0 Å². The Bertz CT molecular complexity index is 351. The fourth-order valence-corrected chi connectivity index (χ4v) is 4.55. The Kier molecular flexibility index (Phi) is 3.29. The molecule has 2 rings (SSSR count). The Morgan fingerprint density at radius 2 is 2.06 bits per heavy atom. The molecule has 2 saturated carbocycles. The lowest BCUT2D eigenvalue weighted by Gasteiger charge is -2.34. The van der Waals surface area contributed by atoms with Crippen LogP contribution in [0.2, 0.25) is 0 Å². The van der Waals surface area contributed by atoms with Crippen LogP contribution in [0.5, 0.6) is 0 Å². The zero-order valence-corrected chi connectivity index (χ0v) is 10.7. The molecule has 2 unspecified atom stereocenters. The SMILES string of the molecule is CS(=O)(=O)C1CCCC1(CN)NCC1CC1. The summed E-state index contributed by atoms with van der Waals surface area (Å²) in [5.41, 5.74) is 5.48. The molecule has 0 spiro atoms. The third-order valence-electron chi connectivity index (χ3n) is 4.03. The van der Waals surface area contributed by atoms with Crippen LogP contribution >= 0.6 is 0 Å². The van der Waals surface area contributed by atoms with Gasteiger partial charge in [-0.1, -0.05) is 6.42 Å². The first kappa shape index (κ1) is 12.3. The summed E-state index contributed by atoms with van der Waals surface area (Å²) in [6.45, 7) is 1.36. The van der Waals surface area contributed by atoms with E-state index in [2.05, 4.69) is 5.32 Å². The number of sulfone groups is 1. The normalized spacial score (nSPS) is 35.5. The highest BCUT2D eigenvalue weighted by molar-refractivity contribution is 7.91. The van der Waals surface area contributed by atoms with E-state index in [1.54, 1.807) is 0 Å². The van der Waals surface area contributed by atoms with Gasteiger partial charge in [0.25, 0.3) is 0 Å². The molecule has 2 atom stereocenters. The highest BCUT2D eigenvalue weighted by atomic mass is 32.2. The maximum Gasteiger partial charge on any atom is 0.152 e. The summed E-state index contributed by atoms with van der Waals surface area (Å²) in [6.07, 6.45) is 6.51. The van der Waals surface area contributed by atoms with Crippen LogP contribution in [0.15, 0.2) is 0 Å². The Hall–Kier alpha value is -0.130. The van der Waals surface area contributed by atoms with Crippen molar-refractivity contribution in [3.05, 3.63) is 0 Å². The van der Waals surface area contributed by atoms with Crippen LogP contribution in [0.3, 0.4) is 0 Å². The minimum Gasteiger partial charge on any atom is -0.329 e. The molecule has 2 fully saturated rings. The average Bonchev–Trinajstić information content (AvgIpc) is 2.93. The van der Waals surface area contributed by atoms with Crippen molar-refractivity contribution in [3.8, 4) is 0 Å². The number of hydrogen-bond acceptors (Lipinski definition) is 4. The number of hydrogen-bond donors (Lipinski definition) is 2. The van der Waals surface area contributed by atoms with E-state index >= 15 is 0 Å². The van der Waals surface area contributed by atoms with Crippen LogP contribution in [0.1, 0.15) is 32.1 Å². The predicted molar refractivity (Wildman–Crippen MR) is 65.0 cm³/mol. The second-order valence-electron chi connectivity index (χ2n) is 5.39. The molecule has 0 aliphatic heterocycles. The van der Waals surface area contributed by atoms with Crippen LogP contribution in [0, 0.1) is 5.92 Å². The molecule has 0 saturated heterocycles. The van der Waals surface area contributed by atoms with Crippen molar-refractivity contribution in [2.45, 2.75) is 42.9 Å². The van der Waals surface area contributed by atoms with Gasteiger partial charge in [-0.25, -0.2) is 8.42 Å². The fraction of sp³-hybridized carbons (Fsp3) is 1.00. The van der Waals surface area contributed by atoms with E-state index in [4.69, 9.17) is 5.73 Å². The molecule has 0 radical (unpaired) electrons. The Balaban J connectivity index is 2.10. The second kappa shape index (κ2) is 4.27.